The number of nitrogens with one attached hydrogen (secondary N) is 2. The number of benzene rings is 1. The summed E-state index contributed by atoms with van der Waals surface area (Å²) in [6, 6.07) is 11.1. The van der Waals surface area contributed by atoms with Crippen LogP contribution in [0, 0.1) is 0 Å². The highest BCUT2D eigenvalue weighted by molar-refractivity contribution is 5.59. The van der Waals surface area contributed by atoms with Crippen LogP contribution in [0.25, 0.3) is 0 Å². The number of anilines is 3. The van der Waals surface area contributed by atoms with Gasteiger partial charge in [0.25, 0.3) is 0 Å². The first-order valence-electron chi connectivity index (χ1n) is 8.16. The highest BCUT2D eigenvalue weighted by Gasteiger charge is 2.15. The number of nitrogens with zero attached hydrogens (tertiary/aromatic N) is 2. The number of rotatable bonds is 5. The molecule has 2 aromatic rings. The van der Waals surface area contributed by atoms with Gasteiger partial charge in [0.1, 0.15) is 18.0 Å². The summed E-state index contributed by atoms with van der Waals surface area (Å²) in [4.78, 5) is 8.62. The maximum absolute atomic E-state index is 4.32. The molecule has 22 heavy (non-hydrogen) atoms. The lowest BCUT2D eigenvalue weighted by Crippen LogP contribution is -2.15. The van der Waals surface area contributed by atoms with Crippen LogP contribution in [0.5, 0.6) is 0 Å². The highest BCUT2D eigenvalue weighted by Crippen LogP contribution is 2.23. The molecule has 0 radical (unpaired) electrons. The molecule has 0 unspecified atom stereocenters. The van der Waals surface area contributed by atoms with Gasteiger partial charge in [-0.05, 0) is 36.5 Å². The monoisotopic (exact) mass is 296 g/mol. The zero-order valence-corrected chi connectivity index (χ0v) is 13.3. The molecule has 1 heterocycles. The van der Waals surface area contributed by atoms with E-state index in [1.165, 1.54) is 31.2 Å². The molecule has 3 rings (SSSR count). The molecule has 1 aliphatic carbocycles. The van der Waals surface area contributed by atoms with E-state index < -0.39 is 0 Å². The summed E-state index contributed by atoms with van der Waals surface area (Å²) in [5, 5.41) is 6.84. The second-order valence-corrected chi connectivity index (χ2v) is 6.32. The fourth-order valence-electron chi connectivity index (χ4n) is 2.88. The van der Waals surface area contributed by atoms with Gasteiger partial charge in [0.2, 0.25) is 0 Å². The van der Waals surface area contributed by atoms with Crippen molar-refractivity contribution >= 4 is 17.3 Å². The molecule has 1 saturated carbocycles. The Balaban J connectivity index is 1.66. The molecule has 4 nitrogen and oxygen atoms in total. The molecule has 0 bridgehead atoms. The molecule has 1 aromatic carbocycles. The smallest absolute Gasteiger partial charge is 0.135 e. The Bertz CT molecular complexity index is 601. The molecule has 1 aromatic heterocycles. The molecule has 0 saturated heterocycles. The van der Waals surface area contributed by atoms with Gasteiger partial charge in [-0.1, -0.05) is 38.8 Å². The van der Waals surface area contributed by atoms with Crippen molar-refractivity contribution in [3.05, 3.63) is 42.2 Å². The van der Waals surface area contributed by atoms with Crippen molar-refractivity contribution in [3.8, 4) is 0 Å². The van der Waals surface area contributed by atoms with Crippen molar-refractivity contribution in [1.82, 2.24) is 9.97 Å². The quantitative estimate of drug-likeness (QED) is 0.839. The van der Waals surface area contributed by atoms with Gasteiger partial charge in [-0.2, -0.15) is 0 Å². The van der Waals surface area contributed by atoms with Gasteiger partial charge in [0.15, 0.2) is 0 Å². The molecular weight excluding hydrogens is 272 g/mol. The average molecular weight is 296 g/mol. The van der Waals surface area contributed by atoms with Crippen molar-refractivity contribution < 1.29 is 0 Å². The maximum atomic E-state index is 4.32. The van der Waals surface area contributed by atoms with Crippen LogP contribution in [0.2, 0.25) is 0 Å². The summed E-state index contributed by atoms with van der Waals surface area (Å²) in [6.07, 6.45) is 6.72. The summed E-state index contributed by atoms with van der Waals surface area (Å²) >= 11 is 0. The molecule has 0 spiro atoms. The lowest BCUT2D eigenvalue weighted by molar-refractivity contribution is 0.750. The lowest BCUT2D eigenvalue weighted by atomic mass is 10.0. The van der Waals surface area contributed by atoms with E-state index in [9.17, 15) is 0 Å². The van der Waals surface area contributed by atoms with Crippen LogP contribution in [0.15, 0.2) is 36.7 Å². The minimum absolute atomic E-state index is 0.551. The van der Waals surface area contributed by atoms with Gasteiger partial charge in [-0.15, -0.1) is 0 Å². The van der Waals surface area contributed by atoms with Gasteiger partial charge < -0.3 is 10.6 Å². The Labute approximate surface area is 132 Å². The predicted octanol–water partition coefficient (Wildman–Crippen LogP) is 4.70. The molecular formula is C18H24N4. The average Bonchev–Trinajstić information content (AvgIpc) is 3.01. The van der Waals surface area contributed by atoms with Crippen molar-refractivity contribution in [2.24, 2.45) is 0 Å². The Morgan fingerprint density at radius 1 is 1.00 bits per heavy atom. The second kappa shape index (κ2) is 6.77. The fraction of sp³-hybridized carbons (Fsp3) is 0.444. The van der Waals surface area contributed by atoms with Crippen molar-refractivity contribution in [2.75, 3.05) is 10.6 Å². The second-order valence-electron chi connectivity index (χ2n) is 6.32. The van der Waals surface area contributed by atoms with Crippen LogP contribution < -0.4 is 10.6 Å². The first kappa shape index (κ1) is 14.8. The van der Waals surface area contributed by atoms with Gasteiger partial charge in [0.05, 0.1) is 0 Å². The number of hydrogen-bond donors (Lipinski definition) is 2. The molecule has 1 fully saturated rings. The fourth-order valence-corrected chi connectivity index (χ4v) is 2.88. The minimum atomic E-state index is 0.551. The van der Waals surface area contributed by atoms with Crippen molar-refractivity contribution in [1.29, 1.82) is 0 Å². The first-order valence-corrected chi connectivity index (χ1v) is 8.16. The van der Waals surface area contributed by atoms with Gasteiger partial charge in [0, 0.05) is 17.8 Å². The van der Waals surface area contributed by atoms with Crippen molar-refractivity contribution in [2.45, 2.75) is 51.5 Å². The third-order valence-electron chi connectivity index (χ3n) is 4.22. The Kier molecular flexibility index (Phi) is 4.56. The summed E-state index contributed by atoms with van der Waals surface area (Å²) in [5.41, 5.74) is 2.40. The van der Waals surface area contributed by atoms with Crippen LogP contribution in [-0.2, 0) is 0 Å². The minimum Gasteiger partial charge on any atom is -0.367 e. The van der Waals surface area contributed by atoms with Gasteiger partial charge in [-0.25, -0.2) is 9.97 Å². The Morgan fingerprint density at radius 3 is 2.36 bits per heavy atom. The molecule has 2 N–H and O–H groups in total. The zero-order valence-electron chi connectivity index (χ0n) is 13.3. The summed E-state index contributed by atoms with van der Waals surface area (Å²) in [5.74, 6) is 2.28. The molecule has 4 heteroatoms. The van der Waals surface area contributed by atoms with Gasteiger partial charge >= 0.3 is 0 Å². The highest BCUT2D eigenvalue weighted by atomic mass is 15.1. The van der Waals surface area contributed by atoms with Crippen molar-refractivity contribution in [3.63, 3.8) is 0 Å². The summed E-state index contributed by atoms with van der Waals surface area (Å²) in [6.45, 7) is 4.40. The van der Waals surface area contributed by atoms with E-state index in [1.807, 2.05) is 6.07 Å². The largest absolute Gasteiger partial charge is 0.367 e. The maximum Gasteiger partial charge on any atom is 0.135 e. The number of aromatic nitrogens is 2. The third-order valence-corrected chi connectivity index (χ3v) is 4.22. The Hall–Kier alpha value is -2.10. The van der Waals surface area contributed by atoms with Crippen LogP contribution in [0.4, 0.5) is 17.3 Å². The first-order chi connectivity index (χ1) is 10.7. The molecule has 0 atom stereocenters. The van der Waals surface area contributed by atoms with E-state index in [2.05, 4.69) is 58.7 Å². The lowest BCUT2D eigenvalue weighted by Gasteiger charge is -2.13. The zero-order chi connectivity index (χ0) is 15.4. The van der Waals surface area contributed by atoms with E-state index in [4.69, 9.17) is 0 Å². The SMILES string of the molecule is CC(C)c1ccc(Nc2cc(NC3CCCC3)ncn2)cc1. The van der Waals surface area contributed by atoms with Crippen LogP contribution in [0.1, 0.15) is 51.0 Å². The van der Waals surface area contributed by atoms with E-state index in [0.717, 1.165) is 17.3 Å². The third kappa shape index (κ3) is 3.75. The van der Waals surface area contributed by atoms with E-state index in [1.54, 1.807) is 6.33 Å². The topological polar surface area (TPSA) is 49.8 Å². The van der Waals surface area contributed by atoms with Crippen LogP contribution >= 0.6 is 0 Å². The summed E-state index contributed by atoms with van der Waals surface area (Å²) in [7, 11) is 0. The predicted molar refractivity (Wildman–Crippen MR) is 91.7 cm³/mol. The molecule has 116 valence electrons. The van der Waals surface area contributed by atoms with Crippen LogP contribution in [0.3, 0.4) is 0 Å². The van der Waals surface area contributed by atoms with Crippen LogP contribution in [-0.4, -0.2) is 16.0 Å². The standard InChI is InChI=1S/C18H24N4/c1-13(2)14-7-9-16(10-8-14)22-18-11-17(19-12-20-18)21-15-5-3-4-6-15/h7-13,15H,3-6H2,1-2H3,(H2,19,20,21,22). The number of hydrogen-bond acceptors (Lipinski definition) is 4. The normalized spacial score (nSPS) is 15.2. The van der Waals surface area contributed by atoms with E-state index in [-0.39, 0.29) is 0 Å². The molecule has 0 aliphatic heterocycles. The Morgan fingerprint density at radius 2 is 1.68 bits per heavy atom. The van der Waals surface area contributed by atoms with Gasteiger partial charge in [-0.3, -0.25) is 0 Å². The van der Waals surface area contributed by atoms with E-state index in [0.29, 0.717) is 12.0 Å². The van der Waals surface area contributed by atoms with E-state index >= 15 is 0 Å². The summed E-state index contributed by atoms with van der Waals surface area (Å²) < 4.78 is 0. The molecule has 1 aliphatic rings. The molecule has 0 amide bonds.